The van der Waals surface area contributed by atoms with Crippen molar-refractivity contribution in [3.05, 3.63) is 11.3 Å². The lowest BCUT2D eigenvalue weighted by atomic mass is 10.4. The fraction of sp³-hybridized carbons (Fsp3) is 0.200. The number of carbonyl (C=O) groups excluding carboxylic acids is 1. The Morgan fingerprint density at radius 3 is 3.18 bits per heavy atom. The summed E-state index contributed by atoms with van der Waals surface area (Å²) in [5.74, 6) is 0. The van der Waals surface area contributed by atoms with E-state index in [0.29, 0.717) is 11.3 Å². The topological polar surface area (TPSA) is 64.4 Å². The zero-order valence-electron chi connectivity index (χ0n) is 5.72. The van der Waals surface area contributed by atoms with E-state index >= 15 is 0 Å². The highest BCUT2D eigenvalue weighted by Crippen LogP contribution is 2.00. The van der Waals surface area contributed by atoms with Crippen molar-refractivity contribution in [1.29, 1.82) is 0 Å². The molecule has 1 heterocycles. The van der Waals surface area contributed by atoms with Crippen LogP contribution in [-0.4, -0.2) is 28.5 Å². The van der Waals surface area contributed by atoms with Crippen LogP contribution in [0.2, 0.25) is 0 Å². The van der Waals surface area contributed by atoms with Crippen LogP contribution in [0.25, 0.3) is 0 Å². The van der Waals surface area contributed by atoms with Gasteiger partial charge in [0.1, 0.15) is 13.4 Å². The first-order valence-corrected chi connectivity index (χ1v) is 3.49. The van der Waals surface area contributed by atoms with Gasteiger partial charge in [0.05, 0.1) is 0 Å². The van der Waals surface area contributed by atoms with Crippen LogP contribution in [0.5, 0.6) is 0 Å². The van der Waals surface area contributed by atoms with Gasteiger partial charge in [-0.05, 0) is 11.5 Å². The lowest BCUT2D eigenvalue weighted by Gasteiger charge is -1.88. The molecule has 0 spiro atoms. The van der Waals surface area contributed by atoms with Crippen molar-refractivity contribution >= 4 is 23.5 Å². The predicted octanol–water partition coefficient (Wildman–Crippen LogP) is 0.0875. The van der Waals surface area contributed by atoms with E-state index in [4.69, 9.17) is 0 Å². The SMILES string of the molecule is CON=C(C=O)c1ncns1. The molecule has 0 aliphatic rings. The highest BCUT2D eigenvalue weighted by Gasteiger charge is 2.05. The number of carbonyl (C=O) groups is 1. The largest absolute Gasteiger partial charge is 0.398 e. The van der Waals surface area contributed by atoms with E-state index < -0.39 is 0 Å². The van der Waals surface area contributed by atoms with Gasteiger partial charge < -0.3 is 4.84 Å². The minimum absolute atomic E-state index is 0.162. The van der Waals surface area contributed by atoms with Crippen LogP contribution in [0.15, 0.2) is 11.5 Å². The molecule has 0 fully saturated rings. The fourth-order valence-electron chi connectivity index (χ4n) is 0.495. The molecule has 58 valence electrons. The highest BCUT2D eigenvalue weighted by molar-refractivity contribution is 7.08. The second kappa shape index (κ2) is 3.77. The lowest BCUT2D eigenvalue weighted by molar-refractivity contribution is -0.102. The van der Waals surface area contributed by atoms with Gasteiger partial charge in [0.2, 0.25) is 0 Å². The molecule has 0 radical (unpaired) electrons. The van der Waals surface area contributed by atoms with Crippen LogP contribution in [-0.2, 0) is 9.63 Å². The molecule has 6 heteroatoms. The highest BCUT2D eigenvalue weighted by atomic mass is 32.1. The summed E-state index contributed by atoms with van der Waals surface area (Å²) < 4.78 is 3.71. The molecule has 0 saturated carbocycles. The first-order chi connectivity index (χ1) is 5.38. The number of aromatic nitrogens is 2. The molecule has 0 aliphatic heterocycles. The van der Waals surface area contributed by atoms with Gasteiger partial charge in [0, 0.05) is 0 Å². The minimum Gasteiger partial charge on any atom is -0.398 e. The van der Waals surface area contributed by atoms with Gasteiger partial charge in [0.15, 0.2) is 17.0 Å². The molecule has 0 bridgehead atoms. The van der Waals surface area contributed by atoms with Crippen LogP contribution >= 0.6 is 11.5 Å². The first-order valence-electron chi connectivity index (χ1n) is 2.72. The average molecular weight is 171 g/mol. The summed E-state index contributed by atoms with van der Waals surface area (Å²) in [6, 6.07) is 0. The van der Waals surface area contributed by atoms with Crippen molar-refractivity contribution in [3.63, 3.8) is 0 Å². The van der Waals surface area contributed by atoms with Crippen LogP contribution in [0.1, 0.15) is 5.01 Å². The molecule has 11 heavy (non-hydrogen) atoms. The third-order valence-electron chi connectivity index (χ3n) is 0.882. The summed E-state index contributed by atoms with van der Waals surface area (Å²) in [7, 11) is 1.37. The molecule has 0 saturated heterocycles. The average Bonchev–Trinajstić information content (AvgIpc) is 2.52. The molecule has 1 aromatic rings. The van der Waals surface area contributed by atoms with E-state index in [1.807, 2.05) is 0 Å². The molecule has 0 amide bonds. The first kappa shape index (κ1) is 7.80. The summed E-state index contributed by atoms with van der Waals surface area (Å²) in [6.45, 7) is 0. The van der Waals surface area contributed by atoms with E-state index in [2.05, 4.69) is 19.4 Å². The Balaban J connectivity index is 2.88. The van der Waals surface area contributed by atoms with E-state index in [9.17, 15) is 4.79 Å². The normalized spacial score (nSPS) is 11.2. The molecule has 0 N–H and O–H groups in total. The third-order valence-corrected chi connectivity index (χ3v) is 1.57. The Morgan fingerprint density at radius 2 is 2.73 bits per heavy atom. The molecule has 0 atom stereocenters. The number of oxime groups is 1. The van der Waals surface area contributed by atoms with Gasteiger partial charge >= 0.3 is 0 Å². The van der Waals surface area contributed by atoms with Crippen LogP contribution < -0.4 is 0 Å². The van der Waals surface area contributed by atoms with Gasteiger partial charge in [-0.25, -0.2) is 4.98 Å². The van der Waals surface area contributed by atoms with Crippen molar-refractivity contribution in [2.75, 3.05) is 7.11 Å². The van der Waals surface area contributed by atoms with Crippen LogP contribution in [0, 0.1) is 0 Å². The molecule has 0 aliphatic carbocycles. The molecule has 0 aromatic carbocycles. The maximum absolute atomic E-state index is 10.3. The quantitative estimate of drug-likeness (QED) is 0.367. The smallest absolute Gasteiger partial charge is 0.179 e. The Bertz CT molecular complexity index is 257. The monoisotopic (exact) mass is 171 g/mol. The summed E-state index contributed by atoms with van der Waals surface area (Å²) >= 11 is 1.09. The van der Waals surface area contributed by atoms with Crippen LogP contribution in [0.3, 0.4) is 0 Å². The second-order valence-electron chi connectivity index (χ2n) is 1.52. The molecule has 0 unspecified atom stereocenters. The van der Waals surface area contributed by atoms with Crippen LogP contribution in [0.4, 0.5) is 0 Å². The maximum atomic E-state index is 10.3. The number of aldehydes is 1. The van der Waals surface area contributed by atoms with Gasteiger partial charge in [-0.3, -0.25) is 4.79 Å². The van der Waals surface area contributed by atoms with Crippen molar-refractivity contribution in [2.45, 2.75) is 0 Å². The second-order valence-corrected chi connectivity index (χ2v) is 2.30. The van der Waals surface area contributed by atoms with Gasteiger partial charge in [-0.15, -0.1) is 0 Å². The summed E-state index contributed by atoms with van der Waals surface area (Å²) in [5, 5.41) is 3.90. The zero-order valence-corrected chi connectivity index (χ0v) is 6.54. The molecule has 5 nitrogen and oxygen atoms in total. The zero-order chi connectivity index (χ0) is 8.10. The Morgan fingerprint density at radius 1 is 1.91 bits per heavy atom. The summed E-state index contributed by atoms with van der Waals surface area (Å²) in [5.41, 5.74) is 0.162. The van der Waals surface area contributed by atoms with Crippen molar-refractivity contribution in [3.8, 4) is 0 Å². The molecular formula is C5H5N3O2S. The van der Waals surface area contributed by atoms with E-state index in [1.54, 1.807) is 0 Å². The minimum atomic E-state index is 0.162. The number of hydrogen-bond donors (Lipinski definition) is 0. The summed E-state index contributed by atoms with van der Waals surface area (Å²) in [4.78, 5) is 18.5. The molecule has 1 rings (SSSR count). The van der Waals surface area contributed by atoms with Gasteiger partial charge in [-0.1, -0.05) is 5.16 Å². The molecular weight excluding hydrogens is 166 g/mol. The standard InChI is InChI=1S/C5H5N3O2S/c1-10-8-4(2-9)5-6-3-7-11-5/h2-3H,1H3. The van der Waals surface area contributed by atoms with Crippen molar-refractivity contribution in [2.24, 2.45) is 5.16 Å². The van der Waals surface area contributed by atoms with Gasteiger partial charge in [-0.2, -0.15) is 4.37 Å². The summed E-state index contributed by atoms with van der Waals surface area (Å²) in [6.07, 6.45) is 1.93. The Hall–Kier alpha value is -1.30. The third kappa shape index (κ3) is 1.81. The molecule has 1 aromatic heterocycles. The number of hydrogen-bond acceptors (Lipinski definition) is 6. The Labute approximate surface area is 66.9 Å². The van der Waals surface area contributed by atoms with Gasteiger partial charge in [0.25, 0.3) is 0 Å². The number of rotatable bonds is 3. The maximum Gasteiger partial charge on any atom is 0.179 e. The van der Waals surface area contributed by atoms with E-state index in [-0.39, 0.29) is 5.71 Å². The lowest BCUT2D eigenvalue weighted by Crippen LogP contribution is -2.01. The number of nitrogens with zero attached hydrogens (tertiary/aromatic N) is 3. The van der Waals surface area contributed by atoms with E-state index in [0.717, 1.165) is 11.5 Å². The van der Waals surface area contributed by atoms with Crippen molar-refractivity contribution < 1.29 is 9.63 Å². The fourth-order valence-corrected chi connectivity index (χ4v) is 0.963. The van der Waals surface area contributed by atoms with Crippen molar-refractivity contribution in [1.82, 2.24) is 9.36 Å². The van der Waals surface area contributed by atoms with E-state index in [1.165, 1.54) is 13.4 Å². The predicted molar refractivity (Wildman–Crippen MR) is 39.5 cm³/mol. The Kier molecular flexibility index (Phi) is 2.67.